The molecule has 0 aliphatic carbocycles. The van der Waals surface area contributed by atoms with Gasteiger partial charge in [-0.05, 0) is 42.3 Å². The molecule has 0 saturated carbocycles. The topological polar surface area (TPSA) is 136 Å². The molecule has 0 bridgehead atoms. The number of anilines is 1. The molecule has 0 atom stereocenters. The summed E-state index contributed by atoms with van der Waals surface area (Å²) >= 11 is 6.27. The van der Waals surface area contributed by atoms with Crippen LogP contribution < -0.4 is 11.1 Å². The molecule has 3 aromatic carbocycles. The van der Waals surface area contributed by atoms with Crippen LogP contribution in [0.5, 0.6) is 0 Å². The zero-order chi connectivity index (χ0) is 27.5. The van der Waals surface area contributed by atoms with E-state index in [0.29, 0.717) is 16.7 Å². The number of nitrogens with one attached hydrogen (secondary N) is 1. The number of carbonyl (C=O) groups excluding carboxylic acids is 1. The number of rotatable bonds is 8. The molecule has 0 aliphatic rings. The highest BCUT2D eigenvalue weighted by atomic mass is 35.5. The van der Waals surface area contributed by atoms with Gasteiger partial charge in [-0.2, -0.15) is 0 Å². The number of sulfone groups is 2. The fourth-order valence-corrected chi connectivity index (χ4v) is 7.85. The first-order valence-electron chi connectivity index (χ1n) is 11.2. The SMILES string of the molecule is Cc1c(C(N)=O)c(Cl)nc(NC=C(S(=O)(=O)c2ccccc2)S(=O)(=O)c2ccccc2)c1-c1ccccc1. The second-order valence-corrected chi connectivity index (χ2v) is 12.5. The summed E-state index contributed by atoms with van der Waals surface area (Å²) in [4.78, 5) is 15.9. The number of aromatic nitrogens is 1. The first-order chi connectivity index (χ1) is 18.0. The Hall–Kier alpha value is -3.99. The third-order valence-electron chi connectivity index (χ3n) is 5.68. The highest BCUT2D eigenvalue weighted by Gasteiger charge is 2.34. The summed E-state index contributed by atoms with van der Waals surface area (Å²) < 4.78 is 53.6. The Balaban J connectivity index is 1.97. The van der Waals surface area contributed by atoms with Gasteiger partial charge in [0.1, 0.15) is 11.0 Å². The zero-order valence-electron chi connectivity index (χ0n) is 20.0. The molecular formula is C27H22ClN3O5S2. The number of nitrogens with zero attached hydrogens (tertiary/aromatic N) is 1. The minimum atomic E-state index is -4.52. The van der Waals surface area contributed by atoms with Crippen LogP contribution in [0, 0.1) is 6.92 Å². The third kappa shape index (κ3) is 5.19. The van der Waals surface area contributed by atoms with E-state index in [1.54, 1.807) is 49.4 Å². The van der Waals surface area contributed by atoms with Gasteiger partial charge in [-0.1, -0.05) is 78.3 Å². The van der Waals surface area contributed by atoms with Crippen LogP contribution in [-0.2, 0) is 19.7 Å². The quantitative estimate of drug-likeness (QED) is 0.287. The molecule has 0 radical (unpaired) electrons. The van der Waals surface area contributed by atoms with E-state index in [9.17, 15) is 21.6 Å². The number of hydrogen-bond acceptors (Lipinski definition) is 7. The van der Waals surface area contributed by atoms with Crippen LogP contribution in [-0.4, -0.2) is 27.7 Å². The minimum absolute atomic E-state index is 0.00548. The lowest BCUT2D eigenvalue weighted by Crippen LogP contribution is -2.18. The lowest BCUT2D eigenvalue weighted by molar-refractivity contribution is 0.0999. The van der Waals surface area contributed by atoms with Gasteiger partial charge in [-0.25, -0.2) is 21.8 Å². The summed E-state index contributed by atoms with van der Waals surface area (Å²) in [6.45, 7) is 1.62. The van der Waals surface area contributed by atoms with E-state index >= 15 is 0 Å². The molecule has 0 saturated heterocycles. The number of amides is 1. The summed E-state index contributed by atoms with van der Waals surface area (Å²) in [7, 11) is -9.04. The van der Waals surface area contributed by atoms with E-state index in [1.807, 2.05) is 0 Å². The monoisotopic (exact) mass is 567 g/mol. The third-order valence-corrected chi connectivity index (χ3v) is 10.3. The van der Waals surface area contributed by atoms with Gasteiger partial charge in [0.25, 0.3) is 5.91 Å². The number of carbonyl (C=O) groups is 1. The maximum absolute atomic E-state index is 13.6. The Morgan fingerprint density at radius 3 is 1.71 bits per heavy atom. The molecule has 4 aromatic rings. The van der Waals surface area contributed by atoms with Gasteiger partial charge in [0.2, 0.25) is 19.7 Å². The van der Waals surface area contributed by atoms with E-state index in [0.717, 1.165) is 6.20 Å². The largest absolute Gasteiger partial charge is 0.365 e. The number of hydrogen-bond donors (Lipinski definition) is 2. The Kier molecular flexibility index (Phi) is 7.68. The van der Waals surface area contributed by atoms with Crippen molar-refractivity contribution in [2.45, 2.75) is 16.7 Å². The van der Waals surface area contributed by atoms with Crippen molar-refractivity contribution >= 4 is 43.0 Å². The zero-order valence-corrected chi connectivity index (χ0v) is 22.4. The van der Waals surface area contributed by atoms with Gasteiger partial charge in [-0.3, -0.25) is 4.79 Å². The second kappa shape index (κ2) is 10.8. The molecule has 1 heterocycles. The summed E-state index contributed by atoms with van der Waals surface area (Å²) in [6, 6.07) is 23.3. The molecule has 8 nitrogen and oxygen atoms in total. The standard InChI is InChI=1S/C27H22ClN3O5S2/c1-18-23(19-11-5-2-6-12-19)27(31-25(28)24(18)26(29)32)30-17-22(37(33,34)20-13-7-3-8-14-20)38(35,36)21-15-9-4-10-16-21/h2-17H,1H3,(H2,29,32)(H,30,31). The van der Waals surface area contributed by atoms with Gasteiger partial charge in [0.05, 0.1) is 15.4 Å². The van der Waals surface area contributed by atoms with Gasteiger partial charge in [0, 0.05) is 11.8 Å². The number of benzene rings is 3. The van der Waals surface area contributed by atoms with Crippen molar-refractivity contribution in [2.75, 3.05) is 5.32 Å². The lowest BCUT2D eigenvalue weighted by Gasteiger charge is -2.17. The number of halogens is 1. The maximum atomic E-state index is 13.6. The molecule has 1 aromatic heterocycles. The molecule has 194 valence electrons. The molecule has 0 aliphatic heterocycles. The Bertz CT molecular complexity index is 1670. The van der Waals surface area contributed by atoms with Crippen molar-refractivity contribution in [3.05, 3.63) is 118 Å². The van der Waals surface area contributed by atoms with Gasteiger partial charge < -0.3 is 11.1 Å². The second-order valence-electron chi connectivity index (χ2n) is 8.10. The average molecular weight is 568 g/mol. The Labute approximate surface area is 225 Å². The van der Waals surface area contributed by atoms with Crippen LogP contribution in [0.1, 0.15) is 15.9 Å². The minimum Gasteiger partial charge on any atom is -0.365 e. The Morgan fingerprint density at radius 2 is 1.26 bits per heavy atom. The van der Waals surface area contributed by atoms with E-state index in [2.05, 4.69) is 10.3 Å². The summed E-state index contributed by atoms with van der Waals surface area (Å²) in [5, 5.41) is 2.52. The normalized spacial score (nSPS) is 11.5. The van der Waals surface area contributed by atoms with E-state index in [4.69, 9.17) is 17.3 Å². The van der Waals surface area contributed by atoms with Gasteiger partial charge in [-0.15, -0.1) is 0 Å². The number of nitrogens with two attached hydrogens (primary N) is 1. The van der Waals surface area contributed by atoms with Crippen LogP contribution in [0.2, 0.25) is 5.15 Å². The van der Waals surface area contributed by atoms with Crippen LogP contribution in [0.4, 0.5) is 5.82 Å². The van der Waals surface area contributed by atoms with Crippen molar-refractivity contribution in [2.24, 2.45) is 5.73 Å². The van der Waals surface area contributed by atoms with Crippen molar-refractivity contribution in [3.8, 4) is 11.1 Å². The van der Waals surface area contributed by atoms with Crippen LogP contribution in [0.15, 0.2) is 111 Å². The molecule has 0 spiro atoms. The molecule has 0 unspecified atom stereocenters. The number of pyridine rings is 1. The molecule has 3 N–H and O–H groups in total. The van der Waals surface area contributed by atoms with Crippen molar-refractivity contribution in [1.29, 1.82) is 0 Å². The predicted octanol–water partition coefficient (Wildman–Crippen LogP) is 4.97. The first-order valence-corrected chi connectivity index (χ1v) is 14.5. The lowest BCUT2D eigenvalue weighted by atomic mass is 9.97. The molecule has 11 heteroatoms. The molecular weight excluding hydrogens is 546 g/mol. The molecule has 1 amide bonds. The van der Waals surface area contributed by atoms with Gasteiger partial charge >= 0.3 is 0 Å². The van der Waals surface area contributed by atoms with E-state index in [-0.39, 0.29) is 26.3 Å². The smallest absolute Gasteiger partial charge is 0.252 e. The van der Waals surface area contributed by atoms with E-state index in [1.165, 1.54) is 48.5 Å². The fraction of sp³-hybridized carbons (Fsp3) is 0.0370. The van der Waals surface area contributed by atoms with Gasteiger partial charge in [0.15, 0.2) is 4.24 Å². The van der Waals surface area contributed by atoms with Crippen LogP contribution in [0.3, 0.4) is 0 Å². The molecule has 0 fully saturated rings. The fourth-order valence-electron chi connectivity index (χ4n) is 3.87. The van der Waals surface area contributed by atoms with Crippen molar-refractivity contribution < 1.29 is 21.6 Å². The predicted molar refractivity (Wildman–Crippen MR) is 147 cm³/mol. The highest BCUT2D eigenvalue weighted by molar-refractivity contribution is 8.14. The first kappa shape index (κ1) is 27.1. The average Bonchev–Trinajstić information content (AvgIpc) is 2.89. The Morgan fingerprint density at radius 1 is 0.816 bits per heavy atom. The summed E-state index contributed by atoms with van der Waals surface area (Å²) in [6.07, 6.45) is 0.874. The van der Waals surface area contributed by atoms with Crippen LogP contribution >= 0.6 is 11.6 Å². The highest BCUT2D eigenvalue weighted by Crippen LogP contribution is 2.36. The van der Waals surface area contributed by atoms with Crippen molar-refractivity contribution in [3.63, 3.8) is 0 Å². The molecule has 4 rings (SSSR count). The maximum Gasteiger partial charge on any atom is 0.252 e. The molecule has 38 heavy (non-hydrogen) atoms. The summed E-state index contributed by atoms with van der Waals surface area (Å²) in [5.41, 5.74) is 6.92. The van der Waals surface area contributed by atoms with Crippen molar-refractivity contribution in [1.82, 2.24) is 4.98 Å². The number of primary amides is 1. The van der Waals surface area contributed by atoms with Crippen LogP contribution in [0.25, 0.3) is 11.1 Å². The summed E-state index contributed by atoms with van der Waals surface area (Å²) in [5.74, 6) is -0.758. The van der Waals surface area contributed by atoms with E-state index < -0.39 is 29.8 Å².